The van der Waals surface area contributed by atoms with Crippen LogP contribution in [0.2, 0.25) is 0 Å². The van der Waals surface area contributed by atoms with Gasteiger partial charge in [0.15, 0.2) is 10.9 Å². The van der Waals surface area contributed by atoms with Crippen molar-refractivity contribution in [3.05, 3.63) is 98.7 Å². The zero-order valence-corrected chi connectivity index (χ0v) is 18.9. The molecule has 1 aliphatic rings. The van der Waals surface area contributed by atoms with E-state index in [9.17, 15) is 14.4 Å². The van der Waals surface area contributed by atoms with E-state index in [1.54, 1.807) is 60.7 Å². The van der Waals surface area contributed by atoms with Crippen molar-refractivity contribution in [2.75, 3.05) is 13.7 Å². The zero-order chi connectivity index (χ0) is 24.1. The Morgan fingerprint density at radius 3 is 2.18 bits per heavy atom. The molecule has 1 fully saturated rings. The first kappa shape index (κ1) is 23.6. The highest BCUT2D eigenvalue weighted by Gasteiger charge is 2.49. The van der Waals surface area contributed by atoms with Crippen molar-refractivity contribution in [1.82, 2.24) is 9.97 Å². The third-order valence-corrected chi connectivity index (χ3v) is 5.60. The number of carbonyl (C=O) groups excluding carboxylic acids is 2. The van der Waals surface area contributed by atoms with Gasteiger partial charge in [-0.1, -0.05) is 36.4 Å². The van der Waals surface area contributed by atoms with Crippen molar-refractivity contribution >= 4 is 24.2 Å². The Balaban J connectivity index is 1.60. The van der Waals surface area contributed by atoms with E-state index in [0.29, 0.717) is 11.1 Å². The average molecular weight is 483 g/mol. The van der Waals surface area contributed by atoms with Crippen LogP contribution in [0.5, 0.6) is 0 Å². The summed E-state index contributed by atoms with van der Waals surface area (Å²) in [4.78, 5) is 43.0. The minimum absolute atomic E-state index is 0.154. The van der Waals surface area contributed by atoms with Crippen molar-refractivity contribution < 1.29 is 28.5 Å². The lowest BCUT2D eigenvalue weighted by atomic mass is 10.0. The predicted octanol–water partition coefficient (Wildman–Crippen LogP) is 2.97. The molecule has 10 heteroatoms. The molecule has 1 aromatic heterocycles. The standard InChI is InChI=1S/C24H22N2O7S/c1-30-20-18(16-12-25-24(34)26-21(16)27)32-17(13-31-22(28)14-8-4-2-5-9-14)19(20)33-23(29)15-10-6-3-7-11-15/h2-12,17-20H,13H2,1H3,(H2,25,26,27,34)/t17-,18+,19-,20+/m1/s1. The van der Waals surface area contributed by atoms with Crippen LogP contribution in [0.4, 0.5) is 0 Å². The Morgan fingerprint density at radius 2 is 1.59 bits per heavy atom. The summed E-state index contributed by atoms with van der Waals surface area (Å²) < 4.78 is 23.0. The second kappa shape index (κ2) is 10.6. The van der Waals surface area contributed by atoms with E-state index in [0.717, 1.165) is 0 Å². The number of aromatic amines is 2. The van der Waals surface area contributed by atoms with E-state index in [1.165, 1.54) is 13.3 Å². The SMILES string of the molecule is CO[C@@H]1[C@H](OC(=O)c2ccccc2)[C@@H](COC(=O)c2ccccc2)O[C@H]1c1c[nH]c(=S)[nH]c1=O. The molecule has 2 aromatic carbocycles. The molecule has 1 aliphatic heterocycles. The first-order valence-corrected chi connectivity index (χ1v) is 10.9. The second-order valence-corrected chi connectivity index (χ2v) is 7.93. The van der Waals surface area contributed by atoms with Gasteiger partial charge in [0.1, 0.15) is 24.9 Å². The molecule has 3 aromatic rings. The highest BCUT2D eigenvalue weighted by Crippen LogP contribution is 2.36. The summed E-state index contributed by atoms with van der Waals surface area (Å²) >= 11 is 4.96. The first-order valence-electron chi connectivity index (χ1n) is 10.5. The van der Waals surface area contributed by atoms with Crippen molar-refractivity contribution in [2.24, 2.45) is 0 Å². The molecule has 1 saturated heterocycles. The Bertz CT molecular complexity index is 1260. The predicted molar refractivity (Wildman–Crippen MR) is 123 cm³/mol. The topological polar surface area (TPSA) is 120 Å². The number of methoxy groups -OCH3 is 1. The molecule has 0 saturated carbocycles. The molecule has 0 spiro atoms. The highest BCUT2D eigenvalue weighted by atomic mass is 32.1. The zero-order valence-electron chi connectivity index (χ0n) is 18.1. The van der Waals surface area contributed by atoms with Crippen LogP contribution in [-0.4, -0.2) is 53.9 Å². The van der Waals surface area contributed by atoms with E-state index in [1.807, 2.05) is 0 Å². The average Bonchev–Trinajstić information content (AvgIpc) is 3.20. The molecule has 2 N–H and O–H groups in total. The van der Waals surface area contributed by atoms with Crippen LogP contribution >= 0.6 is 12.2 Å². The van der Waals surface area contributed by atoms with E-state index < -0.39 is 41.9 Å². The van der Waals surface area contributed by atoms with Gasteiger partial charge in [-0.15, -0.1) is 0 Å². The molecular weight excluding hydrogens is 460 g/mol. The number of hydrogen-bond donors (Lipinski definition) is 2. The summed E-state index contributed by atoms with van der Waals surface area (Å²) in [6, 6.07) is 16.9. The van der Waals surface area contributed by atoms with Crippen LogP contribution in [0.15, 0.2) is 71.7 Å². The number of ether oxygens (including phenoxy) is 4. The molecule has 9 nitrogen and oxygen atoms in total. The Morgan fingerprint density at radius 1 is 0.971 bits per heavy atom. The van der Waals surface area contributed by atoms with Gasteiger partial charge in [0.2, 0.25) is 0 Å². The van der Waals surface area contributed by atoms with Gasteiger partial charge < -0.3 is 23.9 Å². The minimum atomic E-state index is -0.964. The Labute approximate surface area is 199 Å². The fraction of sp³-hybridized carbons (Fsp3) is 0.250. The lowest BCUT2D eigenvalue weighted by Crippen LogP contribution is -2.39. The van der Waals surface area contributed by atoms with Gasteiger partial charge >= 0.3 is 11.9 Å². The number of esters is 2. The number of carbonyl (C=O) groups is 2. The van der Waals surface area contributed by atoms with Gasteiger partial charge in [0, 0.05) is 13.3 Å². The maximum atomic E-state index is 12.8. The van der Waals surface area contributed by atoms with Crippen LogP contribution in [0.25, 0.3) is 0 Å². The summed E-state index contributed by atoms with van der Waals surface area (Å²) in [6.07, 6.45) is -2.19. The molecule has 0 radical (unpaired) electrons. The van der Waals surface area contributed by atoms with Crippen molar-refractivity contribution in [3.8, 4) is 0 Å². The molecule has 0 aliphatic carbocycles. The number of H-pyrrole nitrogens is 2. The molecule has 176 valence electrons. The molecule has 4 rings (SSSR count). The third kappa shape index (κ3) is 5.14. The van der Waals surface area contributed by atoms with Crippen molar-refractivity contribution in [3.63, 3.8) is 0 Å². The molecule has 2 heterocycles. The summed E-state index contributed by atoms with van der Waals surface area (Å²) in [5, 5.41) is 0. The Kier molecular flexibility index (Phi) is 7.31. The van der Waals surface area contributed by atoms with Gasteiger partial charge in [-0.25, -0.2) is 9.59 Å². The summed E-state index contributed by atoms with van der Waals surface area (Å²) in [5.41, 5.74) is 0.441. The molecule has 0 amide bonds. The molecular formula is C24H22N2O7S. The van der Waals surface area contributed by atoms with Crippen molar-refractivity contribution in [1.29, 1.82) is 0 Å². The maximum absolute atomic E-state index is 12.8. The van der Waals surface area contributed by atoms with Gasteiger partial charge in [0.05, 0.1) is 16.7 Å². The van der Waals surface area contributed by atoms with E-state index in [-0.39, 0.29) is 16.9 Å². The summed E-state index contributed by atoms with van der Waals surface area (Å²) in [6.45, 7) is -0.225. The number of benzene rings is 2. The van der Waals surface area contributed by atoms with Crippen LogP contribution < -0.4 is 5.56 Å². The number of nitrogens with one attached hydrogen (secondary N) is 2. The second-order valence-electron chi connectivity index (χ2n) is 7.52. The quantitative estimate of drug-likeness (QED) is 0.390. The van der Waals surface area contributed by atoms with Crippen LogP contribution in [0, 0.1) is 4.77 Å². The van der Waals surface area contributed by atoms with Crippen LogP contribution in [-0.2, 0) is 18.9 Å². The minimum Gasteiger partial charge on any atom is -0.459 e. The molecule has 0 unspecified atom stereocenters. The molecule has 34 heavy (non-hydrogen) atoms. The molecule has 0 bridgehead atoms. The molecule has 4 atom stereocenters. The lowest BCUT2D eigenvalue weighted by molar-refractivity contribution is -0.0451. The smallest absolute Gasteiger partial charge is 0.338 e. The first-order chi connectivity index (χ1) is 16.5. The van der Waals surface area contributed by atoms with Gasteiger partial charge in [-0.2, -0.15) is 0 Å². The highest BCUT2D eigenvalue weighted by molar-refractivity contribution is 7.71. The largest absolute Gasteiger partial charge is 0.459 e. The maximum Gasteiger partial charge on any atom is 0.338 e. The summed E-state index contributed by atoms with van der Waals surface area (Å²) in [5.74, 6) is -1.16. The normalized spacial score (nSPS) is 21.7. The van der Waals surface area contributed by atoms with Crippen LogP contribution in [0.3, 0.4) is 0 Å². The van der Waals surface area contributed by atoms with Crippen molar-refractivity contribution in [2.45, 2.75) is 24.4 Å². The third-order valence-electron chi connectivity index (χ3n) is 5.38. The fourth-order valence-corrected chi connectivity index (χ4v) is 3.88. The van der Waals surface area contributed by atoms with Gasteiger partial charge in [-0.3, -0.25) is 9.78 Å². The van der Waals surface area contributed by atoms with Gasteiger partial charge in [0.25, 0.3) is 5.56 Å². The monoisotopic (exact) mass is 482 g/mol. The number of hydrogen-bond acceptors (Lipinski definition) is 8. The summed E-state index contributed by atoms with van der Waals surface area (Å²) in [7, 11) is 1.42. The van der Waals surface area contributed by atoms with E-state index >= 15 is 0 Å². The number of aromatic nitrogens is 2. The van der Waals surface area contributed by atoms with Gasteiger partial charge in [-0.05, 0) is 36.5 Å². The Hall–Kier alpha value is -3.60. The van der Waals surface area contributed by atoms with E-state index in [4.69, 9.17) is 31.2 Å². The lowest BCUT2D eigenvalue weighted by Gasteiger charge is -2.23. The van der Waals surface area contributed by atoms with Crippen LogP contribution in [0.1, 0.15) is 32.4 Å². The fourth-order valence-electron chi connectivity index (χ4n) is 3.72. The van der Waals surface area contributed by atoms with E-state index in [2.05, 4.69) is 9.97 Å². The number of rotatable bonds is 7.